The molecule has 0 radical (unpaired) electrons. The van der Waals surface area contributed by atoms with Gasteiger partial charge in [-0.25, -0.2) is 15.0 Å². The summed E-state index contributed by atoms with van der Waals surface area (Å²) >= 11 is 3.02. The Kier molecular flexibility index (Phi) is 3.48. The lowest BCUT2D eigenvalue weighted by molar-refractivity contribution is -0.136. The van der Waals surface area contributed by atoms with Gasteiger partial charge in [-0.3, -0.25) is 0 Å². The second-order valence-corrected chi connectivity index (χ2v) is 5.20. The van der Waals surface area contributed by atoms with Gasteiger partial charge >= 0.3 is 6.18 Å². The summed E-state index contributed by atoms with van der Waals surface area (Å²) in [5.41, 5.74) is 5.35. The largest absolute Gasteiger partial charge is 0.417 e. The Morgan fingerprint density at radius 2 is 1.68 bits per heavy atom. The summed E-state index contributed by atoms with van der Waals surface area (Å²) < 4.78 is 40.1. The molecule has 0 aliphatic heterocycles. The molecule has 0 aliphatic rings. The molecule has 0 unspecified atom stereocenters. The zero-order valence-corrected chi connectivity index (χ0v) is 12.5. The van der Waals surface area contributed by atoms with Crippen LogP contribution in [-0.4, -0.2) is 15.0 Å². The molecule has 22 heavy (non-hydrogen) atoms. The Labute approximate surface area is 131 Å². The molecule has 0 amide bonds. The molecular weight excluding hydrogens is 361 g/mol. The number of hydrogen-bond acceptors (Lipinski definition) is 4. The van der Waals surface area contributed by atoms with E-state index in [1.54, 1.807) is 30.3 Å². The number of halogens is 4. The molecule has 2 aromatic heterocycles. The molecule has 1 aromatic carbocycles. The number of nitrogens with zero attached hydrogens (tertiary/aromatic N) is 3. The highest BCUT2D eigenvalue weighted by Gasteiger charge is 2.35. The number of alkyl halides is 3. The predicted octanol–water partition coefficient (Wildman–Crippen LogP) is 4.06. The molecule has 2 heterocycles. The number of nitrogen functional groups attached to an aromatic ring is 1. The van der Waals surface area contributed by atoms with Crippen LogP contribution in [0.25, 0.3) is 22.3 Å². The van der Waals surface area contributed by atoms with E-state index < -0.39 is 11.7 Å². The van der Waals surface area contributed by atoms with Crippen molar-refractivity contribution >= 4 is 32.8 Å². The van der Waals surface area contributed by atoms with Crippen molar-refractivity contribution in [2.24, 2.45) is 0 Å². The Morgan fingerprint density at radius 1 is 1.00 bits per heavy atom. The van der Waals surface area contributed by atoms with Crippen molar-refractivity contribution in [2.75, 3.05) is 5.73 Å². The van der Waals surface area contributed by atoms with Crippen molar-refractivity contribution in [1.82, 2.24) is 15.0 Å². The lowest BCUT2D eigenvalue weighted by atomic mass is 10.1. The second-order valence-electron chi connectivity index (χ2n) is 4.50. The third kappa shape index (κ3) is 2.61. The zero-order chi connectivity index (χ0) is 15.9. The van der Waals surface area contributed by atoms with Gasteiger partial charge in [-0.15, -0.1) is 0 Å². The van der Waals surface area contributed by atoms with Crippen LogP contribution in [0.15, 0.2) is 41.1 Å². The summed E-state index contributed by atoms with van der Waals surface area (Å²) in [6.07, 6.45) is -4.59. The van der Waals surface area contributed by atoms with Crippen molar-refractivity contribution in [2.45, 2.75) is 6.18 Å². The van der Waals surface area contributed by atoms with Crippen molar-refractivity contribution in [3.63, 3.8) is 0 Å². The van der Waals surface area contributed by atoms with Crippen LogP contribution < -0.4 is 5.73 Å². The average Bonchev–Trinajstić information content (AvgIpc) is 2.45. The Balaban J connectivity index is 2.39. The smallest absolute Gasteiger partial charge is 0.383 e. The fourth-order valence-corrected chi connectivity index (χ4v) is 2.47. The molecule has 112 valence electrons. The van der Waals surface area contributed by atoms with Crippen LogP contribution in [0.2, 0.25) is 0 Å². The van der Waals surface area contributed by atoms with E-state index in [0.29, 0.717) is 5.56 Å². The van der Waals surface area contributed by atoms with E-state index in [2.05, 4.69) is 30.9 Å². The predicted molar refractivity (Wildman–Crippen MR) is 79.9 cm³/mol. The molecule has 0 saturated carbocycles. The maximum absolute atomic E-state index is 13.3. The van der Waals surface area contributed by atoms with Crippen LogP contribution in [0.4, 0.5) is 19.0 Å². The first-order valence-corrected chi connectivity index (χ1v) is 6.92. The highest BCUT2D eigenvalue weighted by molar-refractivity contribution is 9.10. The Morgan fingerprint density at radius 3 is 2.32 bits per heavy atom. The molecular formula is C14H8BrF3N4. The molecule has 2 N–H and O–H groups in total. The lowest BCUT2D eigenvalue weighted by Gasteiger charge is -2.13. The molecule has 0 fully saturated rings. The van der Waals surface area contributed by atoms with Crippen molar-refractivity contribution in [3.8, 4) is 11.3 Å². The maximum atomic E-state index is 13.3. The number of benzene rings is 1. The molecule has 4 nitrogen and oxygen atoms in total. The summed E-state index contributed by atoms with van der Waals surface area (Å²) in [7, 11) is 0. The maximum Gasteiger partial charge on any atom is 0.417 e. The number of pyridine rings is 1. The van der Waals surface area contributed by atoms with E-state index in [9.17, 15) is 13.2 Å². The number of hydrogen-bond donors (Lipinski definition) is 1. The Hall–Kier alpha value is -2.22. The Bertz CT molecular complexity index is 850. The van der Waals surface area contributed by atoms with Gasteiger partial charge in [-0.1, -0.05) is 30.3 Å². The minimum atomic E-state index is -4.59. The van der Waals surface area contributed by atoms with Gasteiger partial charge in [0.15, 0.2) is 5.65 Å². The number of fused-ring (bicyclic) bond motifs is 1. The first-order valence-electron chi connectivity index (χ1n) is 6.12. The topological polar surface area (TPSA) is 64.7 Å². The summed E-state index contributed by atoms with van der Waals surface area (Å²) in [6, 6.07) is 9.52. The number of nitrogens with two attached hydrogens (primary N) is 1. The molecule has 3 rings (SSSR count). The molecule has 8 heteroatoms. The quantitative estimate of drug-likeness (QED) is 0.658. The fraction of sp³-hybridized carbons (Fsp3) is 0.0714. The van der Waals surface area contributed by atoms with Gasteiger partial charge in [-0.05, 0) is 22.0 Å². The van der Waals surface area contributed by atoms with Crippen LogP contribution in [0.1, 0.15) is 5.56 Å². The first kappa shape index (κ1) is 14.7. The number of aromatic nitrogens is 3. The van der Waals surface area contributed by atoms with E-state index in [1.165, 1.54) is 0 Å². The van der Waals surface area contributed by atoms with E-state index in [4.69, 9.17) is 5.73 Å². The monoisotopic (exact) mass is 368 g/mol. The van der Waals surface area contributed by atoms with Gasteiger partial charge < -0.3 is 5.73 Å². The van der Waals surface area contributed by atoms with Crippen molar-refractivity contribution < 1.29 is 13.2 Å². The van der Waals surface area contributed by atoms with Crippen LogP contribution >= 0.6 is 15.9 Å². The minimum absolute atomic E-state index is 0.0864. The van der Waals surface area contributed by atoms with Crippen LogP contribution in [-0.2, 0) is 6.18 Å². The highest BCUT2D eigenvalue weighted by atomic mass is 79.9. The molecule has 3 aromatic rings. The first-order chi connectivity index (χ1) is 10.4. The number of rotatable bonds is 1. The van der Waals surface area contributed by atoms with Crippen LogP contribution in [0, 0.1) is 0 Å². The summed E-state index contributed by atoms with van der Waals surface area (Å²) in [5, 5.41) is -0.296. The van der Waals surface area contributed by atoms with Gasteiger partial charge in [0.1, 0.15) is 5.82 Å². The molecule has 0 bridgehead atoms. The van der Waals surface area contributed by atoms with E-state index in [1.807, 2.05) is 0 Å². The van der Waals surface area contributed by atoms with E-state index in [-0.39, 0.29) is 27.3 Å². The minimum Gasteiger partial charge on any atom is -0.383 e. The van der Waals surface area contributed by atoms with Crippen LogP contribution in [0.5, 0.6) is 0 Å². The summed E-state index contributed by atoms with van der Waals surface area (Å²) in [4.78, 5) is 11.8. The molecule has 0 saturated heterocycles. The van der Waals surface area contributed by atoms with Gasteiger partial charge in [0, 0.05) is 5.56 Å². The molecule has 0 spiro atoms. The van der Waals surface area contributed by atoms with Gasteiger partial charge in [0.25, 0.3) is 0 Å². The highest BCUT2D eigenvalue weighted by Crippen LogP contribution is 2.38. The molecule has 0 atom stereocenters. The van der Waals surface area contributed by atoms with Gasteiger partial charge in [0.2, 0.25) is 4.73 Å². The van der Waals surface area contributed by atoms with E-state index in [0.717, 1.165) is 6.07 Å². The number of anilines is 1. The van der Waals surface area contributed by atoms with Gasteiger partial charge in [0.05, 0.1) is 16.6 Å². The fourth-order valence-electron chi connectivity index (χ4n) is 2.11. The van der Waals surface area contributed by atoms with E-state index >= 15 is 0 Å². The van der Waals surface area contributed by atoms with Crippen molar-refractivity contribution in [1.29, 1.82) is 0 Å². The second kappa shape index (κ2) is 5.20. The lowest BCUT2D eigenvalue weighted by Crippen LogP contribution is -2.10. The summed E-state index contributed by atoms with van der Waals surface area (Å²) in [6.45, 7) is 0. The van der Waals surface area contributed by atoms with Crippen LogP contribution in [0.3, 0.4) is 0 Å². The zero-order valence-electron chi connectivity index (χ0n) is 10.9. The third-order valence-electron chi connectivity index (χ3n) is 3.04. The average molecular weight is 369 g/mol. The standard InChI is InChI=1S/C14H8BrF3N4/c15-13-21-11(19)10-8(14(16,17)18)6-9(20-12(10)22-13)7-4-2-1-3-5-7/h1-6H,(H2,19,20,21,22). The van der Waals surface area contributed by atoms with Crippen molar-refractivity contribution in [3.05, 3.63) is 46.7 Å². The normalized spacial score (nSPS) is 11.8. The summed E-state index contributed by atoms with van der Waals surface area (Å²) in [5.74, 6) is -0.267. The van der Waals surface area contributed by atoms with Gasteiger partial charge in [-0.2, -0.15) is 13.2 Å². The molecule has 0 aliphatic carbocycles. The third-order valence-corrected chi connectivity index (χ3v) is 3.40. The SMILES string of the molecule is Nc1nc(Br)nc2nc(-c3ccccc3)cc(C(F)(F)F)c12.